The number of hydrogen-bond acceptors (Lipinski definition) is 4. The van der Waals surface area contributed by atoms with Gasteiger partial charge < -0.3 is 20.7 Å². The largest absolute Gasteiger partial charge is 0.366 e. The monoisotopic (exact) mass is 257 g/mol. The van der Waals surface area contributed by atoms with Crippen molar-refractivity contribution >= 4 is 11.8 Å². The van der Waals surface area contributed by atoms with Crippen molar-refractivity contribution in [3.63, 3.8) is 0 Å². The third-order valence-electron chi connectivity index (χ3n) is 2.97. The quantitative estimate of drug-likeness (QED) is 0.614. The molecule has 0 aromatic rings. The molecule has 2 amide bonds. The highest BCUT2D eigenvalue weighted by Crippen LogP contribution is 1.97. The van der Waals surface area contributed by atoms with Gasteiger partial charge in [-0.2, -0.15) is 0 Å². The molecule has 18 heavy (non-hydrogen) atoms. The van der Waals surface area contributed by atoms with Gasteiger partial charge in [-0.05, 0) is 20.3 Å². The van der Waals surface area contributed by atoms with Gasteiger partial charge >= 0.3 is 0 Å². The standard InChI is InChI=1S/C12H23N3O3/c1-4-8(2)14-11(16)9(3)15-12(17)10-7-13-5-6-18-10/h8-10,13H,4-7H2,1-3H3,(H,14,16)(H,15,17). The fourth-order valence-electron chi connectivity index (χ4n) is 1.58. The zero-order valence-electron chi connectivity index (χ0n) is 11.3. The van der Waals surface area contributed by atoms with Gasteiger partial charge in [0.1, 0.15) is 12.1 Å². The van der Waals surface area contributed by atoms with Crippen molar-refractivity contribution in [2.24, 2.45) is 0 Å². The SMILES string of the molecule is CCC(C)NC(=O)C(C)NC(=O)C1CNCCO1. The first-order valence-electron chi connectivity index (χ1n) is 6.47. The second kappa shape index (κ2) is 7.33. The molecular formula is C12H23N3O3. The van der Waals surface area contributed by atoms with Crippen molar-refractivity contribution < 1.29 is 14.3 Å². The second-order valence-electron chi connectivity index (χ2n) is 4.61. The molecule has 0 aromatic carbocycles. The minimum atomic E-state index is -0.544. The molecule has 0 bridgehead atoms. The van der Waals surface area contributed by atoms with E-state index in [1.807, 2.05) is 13.8 Å². The Kier molecular flexibility index (Phi) is 6.07. The third kappa shape index (κ3) is 4.62. The van der Waals surface area contributed by atoms with E-state index in [4.69, 9.17) is 4.74 Å². The molecule has 3 N–H and O–H groups in total. The first-order valence-corrected chi connectivity index (χ1v) is 6.47. The van der Waals surface area contributed by atoms with Gasteiger partial charge in [0.15, 0.2) is 0 Å². The number of carbonyl (C=O) groups is 2. The Morgan fingerprint density at radius 2 is 2.11 bits per heavy atom. The summed E-state index contributed by atoms with van der Waals surface area (Å²) in [4.78, 5) is 23.6. The maximum absolute atomic E-state index is 11.8. The number of amides is 2. The maximum atomic E-state index is 11.8. The van der Waals surface area contributed by atoms with Gasteiger partial charge in [-0.1, -0.05) is 6.92 Å². The van der Waals surface area contributed by atoms with Gasteiger partial charge in [0.25, 0.3) is 5.91 Å². The highest BCUT2D eigenvalue weighted by atomic mass is 16.5. The van der Waals surface area contributed by atoms with Gasteiger partial charge in [0.05, 0.1) is 6.61 Å². The average Bonchev–Trinajstić information content (AvgIpc) is 2.39. The zero-order chi connectivity index (χ0) is 13.5. The van der Waals surface area contributed by atoms with Gasteiger partial charge in [0.2, 0.25) is 5.91 Å². The van der Waals surface area contributed by atoms with Crippen LogP contribution in [0.5, 0.6) is 0 Å². The van der Waals surface area contributed by atoms with E-state index in [0.29, 0.717) is 13.2 Å². The lowest BCUT2D eigenvalue weighted by molar-refractivity contribution is -0.137. The van der Waals surface area contributed by atoms with E-state index >= 15 is 0 Å². The van der Waals surface area contributed by atoms with Crippen LogP contribution in [0.2, 0.25) is 0 Å². The second-order valence-corrected chi connectivity index (χ2v) is 4.61. The first-order chi connectivity index (χ1) is 8.54. The molecule has 3 atom stereocenters. The Labute approximate surface area is 108 Å². The molecule has 6 nitrogen and oxygen atoms in total. The predicted molar refractivity (Wildman–Crippen MR) is 68.1 cm³/mol. The van der Waals surface area contributed by atoms with E-state index in [1.165, 1.54) is 0 Å². The van der Waals surface area contributed by atoms with E-state index in [9.17, 15) is 9.59 Å². The summed E-state index contributed by atoms with van der Waals surface area (Å²) in [6.45, 7) is 7.37. The molecule has 1 heterocycles. The highest BCUT2D eigenvalue weighted by Gasteiger charge is 2.25. The molecule has 1 saturated heterocycles. The number of carbonyl (C=O) groups excluding carboxylic acids is 2. The Morgan fingerprint density at radius 3 is 2.67 bits per heavy atom. The zero-order valence-corrected chi connectivity index (χ0v) is 11.3. The molecule has 3 unspecified atom stereocenters. The molecule has 1 aliphatic heterocycles. The molecule has 0 saturated carbocycles. The Bertz CT molecular complexity index is 290. The summed E-state index contributed by atoms with van der Waals surface area (Å²) in [5, 5.41) is 8.56. The lowest BCUT2D eigenvalue weighted by Crippen LogP contribution is -2.53. The summed E-state index contributed by atoms with van der Waals surface area (Å²) in [6.07, 6.45) is 0.361. The summed E-state index contributed by atoms with van der Waals surface area (Å²) in [6, 6.07) is -0.429. The molecule has 1 rings (SSSR count). The van der Waals surface area contributed by atoms with Crippen LogP contribution in [0.4, 0.5) is 0 Å². The van der Waals surface area contributed by atoms with Crippen LogP contribution in [-0.2, 0) is 14.3 Å². The summed E-state index contributed by atoms with van der Waals surface area (Å²) < 4.78 is 5.32. The minimum Gasteiger partial charge on any atom is -0.366 e. The number of nitrogens with one attached hydrogen (secondary N) is 3. The van der Waals surface area contributed by atoms with Gasteiger partial charge in [-0.3, -0.25) is 9.59 Å². The number of rotatable bonds is 5. The number of morpholine rings is 1. The molecule has 0 aliphatic carbocycles. The van der Waals surface area contributed by atoms with Crippen LogP contribution >= 0.6 is 0 Å². The molecule has 1 fully saturated rings. The van der Waals surface area contributed by atoms with Crippen LogP contribution in [-0.4, -0.2) is 49.7 Å². The fourth-order valence-corrected chi connectivity index (χ4v) is 1.58. The van der Waals surface area contributed by atoms with Gasteiger partial charge in [0, 0.05) is 19.1 Å². The molecule has 0 aromatic heterocycles. The van der Waals surface area contributed by atoms with Crippen LogP contribution < -0.4 is 16.0 Å². The van der Waals surface area contributed by atoms with E-state index in [1.54, 1.807) is 6.92 Å². The molecule has 0 spiro atoms. The smallest absolute Gasteiger partial charge is 0.251 e. The third-order valence-corrected chi connectivity index (χ3v) is 2.97. The molecule has 104 valence electrons. The lowest BCUT2D eigenvalue weighted by Gasteiger charge is -2.24. The Morgan fingerprint density at radius 1 is 1.39 bits per heavy atom. The fraction of sp³-hybridized carbons (Fsp3) is 0.833. The molecule has 0 radical (unpaired) electrons. The van der Waals surface area contributed by atoms with Gasteiger partial charge in [-0.25, -0.2) is 0 Å². The van der Waals surface area contributed by atoms with Crippen molar-refractivity contribution in [3.05, 3.63) is 0 Å². The van der Waals surface area contributed by atoms with Crippen LogP contribution in [0.25, 0.3) is 0 Å². The van der Waals surface area contributed by atoms with Crippen LogP contribution in [0.3, 0.4) is 0 Å². The van der Waals surface area contributed by atoms with E-state index in [2.05, 4.69) is 16.0 Å². The van der Waals surface area contributed by atoms with Crippen molar-refractivity contribution in [3.8, 4) is 0 Å². The Balaban J connectivity index is 2.35. The lowest BCUT2D eigenvalue weighted by atomic mass is 10.2. The average molecular weight is 257 g/mol. The van der Waals surface area contributed by atoms with E-state index in [0.717, 1.165) is 13.0 Å². The van der Waals surface area contributed by atoms with Crippen LogP contribution in [0.15, 0.2) is 0 Å². The summed E-state index contributed by atoms with van der Waals surface area (Å²) >= 11 is 0. The maximum Gasteiger partial charge on any atom is 0.251 e. The highest BCUT2D eigenvalue weighted by molar-refractivity contribution is 5.89. The molecular weight excluding hydrogens is 234 g/mol. The normalized spacial score (nSPS) is 22.9. The first kappa shape index (κ1) is 14.9. The number of hydrogen-bond donors (Lipinski definition) is 3. The van der Waals surface area contributed by atoms with E-state index < -0.39 is 12.1 Å². The Hall–Kier alpha value is -1.14. The van der Waals surface area contributed by atoms with Crippen molar-refractivity contribution in [2.75, 3.05) is 19.7 Å². The van der Waals surface area contributed by atoms with E-state index in [-0.39, 0.29) is 17.9 Å². The summed E-state index contributed by atoms with van der Waals surface area (Å²) in [7, 11) is 0. The summed E-state index contributed by atoms with van der Waals surface area (Å²) in [5.74, 6) is -0.407. The molecule has 1 aliphatic rings. The van der Waals surface area contributed by atoms with Gasteiger partial charge in [-0.15, -0.1) is 0 Å². The van der Waals surface area contributed by atoms with Crippen molar-refractivity contribution in [1.82, 2.24) is 16.0 Å². The topological polar surface area (TPSA) is 79.5 Å². The number of ether oxygens (including phenoxy) is 1. The van der Waals surface area contributed by atoms with Crippen molar-refractivity contribution in [1.29, 1.82) is 0 Å². The summed E-state index contributed by atoms with van der Waals surface area (Å²) in [5.41, 5.74) is 0. The van der Waals surface area contributed by atoms with Crippen LogP contribution in [0, 0.1) is 0 Å². The molecule has 6 heteroatoms. The predicted octanol–water partition coefficient (Wildman–Crippen LogP) is -0.606. The van der Waals surface area contributed by atoms with Crippen molar-refractivity contribution in [2.45, 2.75) is 45.4 Å². The van der Waals surface area contributed by atoms with Crippen LogP contribution in [0.1, 0.15) is 27.2 Å². The minimum absolute atomic E-state index is 0.115.